The van der Waals surface area contributed by atoms with Gasteiger partial charge in [0.1, 0.15) is 0 Å². The van der Waals surface area contributed by atoms with Crippen LogP contribution in [0.15, 0.2) is 0 Å². The average Bonchev–Trinajstić information content (AvgIpc) is 2.60. The van der Waals surface area contributed by atoms with E-state index in [0.29, 0.717) is 25.8 Å². The second-order valence-corrected chi connectivity index (χ2v) is 7.48. The van der Waals surface area contributed by atoms with Crippen molar-refractivity contribution in [1.82, 2.24) is 0 Å². The van der Waals surface area contributed by atoms with Crippen molar-refractivity contribution in [2.45, 2.75) is 50.4 Å². The minimum atomic E-state index is -3.22. The molecule has 1 aliphatic carbocycles. The number of sulfone groups is 1. The quantitative estimate of drug-likeness (QED) is 0.768. The highest BCUT2D eigenvalue weighted by molar-refractivity contribution is 7.91. The summed E-state index contributed by atoms with van der Waals surface area (Å²) in [4.78, 5) is 0. The van der Waals surface area contributed by atoms with Crippen molar-refractivity contribution in [3.8, 4) is 0 Å². The van der Waals surface area contributed by atoms with Crippen LogP contribution in [0.3, 0.4) is 0 Å². The highest BCUT2D eigenvalue weighted by Gasteiger charge is 2.56. The average molecular weight is 249 g/mol. The molecule has 4 nitrogen and oxygen atoms in total. The van der Waals surface area contributed by atoms with Gasteiger partial charge in [0.25, 0.3) is 0 Å². The van der Waals surface area contributed by atoms with Crippen LogP contribution in [0, 0.1) is 5.41 Å². The Hall–Kier alpha value is -0.130. The Morgan fingerprint density at radius 2 is 2.12 bits per heavy atom. The summed E-state index contributed by atoms with van der Waals surface area (Å²) in [6.07, 6.45) is 3.73. The topological polar surface area (TPSA) is 80.4 Å². The highest BCUT2D eigenvalue weighted by atomic mass is 32.2. The van der Waals surface area contributed by atoms with Crippen molar-refractivity contribution in [3.05, 3.63) is 0 Å². The second-order valence-electron chi connectivity index (χ2n) is 5.25. The lowest BCUT2D eigenvalue weighted by atomic mass is 9.70. The predicted molar refractivity (Wildman–Crippen MR) is 64.9 cm³/mol. The van der Waals surface area contributed by atoms with Gasteiger partial charge in [0.15, 0.2) is 9.84 Å². The molecule has 96 valence electrons. The van der Waals surface area contributed by atoms with Gasteiger partial charge in [-0.3, -0.25) is 0 Å². The molecule has 1 saturated carbocycles. The number of aliphatic hydroxyl groups is 1. The molecule has 1 rings (SSSR count). The van der Waals surface area contributed by atoms with Gasteiger partial charge in [0.2, 0.25) is 0 Å². The van der Waals surface area contributed by atoms with Crippen LogP contribution in [-0.2, 0) is 9.84 Å². The van der Waals surface area contributed by atoms with E-state index in [1.54, 1.807) is 0 Å². The van der Waals surface area contributed by atoms with Gasteiger partial charge < -0.3 is 10.8 Å². The molecule has 3 N–H and O–H groups in total. The van der Waals surface area contributed by atoms with E-state index in [1.165, 1.54) is 6.26 Å². The zero-order valence-corrected chi connectivity index (χ0v) is 11.2. The van der Waals surface area contributed by atoms with E-state index < -0.39 is 26.1 Å². The minimum absolute atomic E-state index is 0.312. The number of nitrogens with two attached hydrogens (primary N) is 1. The summed E-state index contributed by atoms with van der Waals surface area (Å²) in [5.41, 5.74) is 4.05. The summed E-state index contributed by atoms with van der Waals surface area (Å²) >= 11 is 0. The summed E-state index contributed by atoms with van der Waals surface area (Å²) in [6.45, 7) is 4.14. The molecule has 0 bridgehead atoms. The molecule has 0 aromatic rings. The van der Waals surface area contributed by atoms with Gasteiger partial charge in [-0.1, -0.05) is 13.8 Å². The van der Waals surface area contributed by atoms with E-state index in [-0.39, 0.29) is 0 Å². The third-order valence-corrected chi connectivity index (χ3v) is 6.01. The first-order valence-electron chi connectivity index (χ1n) is 5.82. The maximum atomic E-state index is 11.7. The van der Waals surface area contributed by atoms with Crippen molar-refractivity contribution in [2.24, 2.45) is 11.1 Å². The van der Waals surface area contributed by atoms with Crippen molar-refractivity contribution in [3.63, 3.8) is 0 Å². The van der Waals surface area contributed by atoms with Crippen LogP contribution < -0.4 is 5.73 Å². The van der Waals surface area contributed by atoms with E-state index in [0.717, 1.165) is 6.42 Å². The van der Waals surface area contributed by atoms with E-state index in [1.807, 2.05) is 13.8 Å². The Labute approximate surface area is 98.1 Å². The van der Waals surface area contributed by atoms with Gasteiger partial charge >= 0.3 is 0 Å². The van der Waals surface area contributed by atoms with Gasteiger partial charge in [-0.05, 0) is 25.7 Å². The molecule has 0 heterocycles. The maximum absolute atomic E-state index is 11.7. The molecule has 0 aromatic heterocycles. The standard InChI is InChI=1S/C11H23NO3S/c1-4-10(2,8-12)11(13)7-5-6-9(11)16(3,14)15/h9,13H,4-8,12H2,1-3H3. The van der Waals surface area contributed by atoms with Crippen molar-refractivity contribution >= 4 is 9.84 Å². The zero-order valence-electron chi connectivity index (χ0n) is 10.4. The van der Waals surface area contributed by atoms with Gasteiger partial charge in [-0.15, -0.1) is 0 Å². The first-order chi connectivity index (χ1) is 7.21. The molecule has 1 aliphatic rings. The van der Waals surface area contributed by atoms with Gasteiger partial charge in [0, 0.05) is 18.2 Å². The van der Waals surface area contributed by atoms with Crippen molar-refractivity contribution < 1.29 is 13.5 Å². The van der Waals surface area contributed by atoms with Crippen LogP contribution in [-0.4, -0.2) is 37.2 Å². The SMILES string of the molecule is CCC(C)(CN)C1(O)CCCC1S(C)(=O)=O. The van der Waals surface area contributed by atoms with Crippen molar-refractivity contribution in [2.75, 3.05) is 12.8 Å². The Bertz CT molecular complexity index is 348. The summed E-state index contributed by atoms with van der Waals surface area (Å²) < 4.78 is 23.5. The van der Waals surface area contributed by atoms with Crippen LogP contribution in [0.4, 0.5) is 0 Å². The molecule has 0 aromatic carbocycles. The molecular weight excluding hydrogens is 226 g/mol. The molecule has 3 atom stereocenters. The third kappa shape index (κ3) is 2.00. The van der Waals surface area contributed by atoms with E-state index >= 15 is 0 Å². The number of hydrogen-bond donors (Lipinski definition) is 2. The van der Waals surface area contributed by atoms with Gasteiger partial charge in [-0.2, -0.15) is 0 Å². The molecule has 0 radical (unpaired) electrons. The molecule has 16 heavy (non-hydrogen) atoms. The van der Waals surface area contributed by atoms with Gasteiger partial charge in [-0.25, -0.2) is 8.42 Å². The molecule has 0 spiro atoms. The summed E-state index contributed by atoms with van der Waals surface area (Å²) in [5.74, 6) is 0. The molecule has 5 heteroatoms. The predicted octanol–water partition coefficient (Wildman–Crippen LogP) is 0.690. The largest absolute Gasteiger partial charge is 0.388 e. The Kier molecular flexibility index (Phi) is 3.72. The molecule has 0 amide bonds. The fourth-order valence-corrected chi connectivity index (χ4v) is 4.55. The smallest absolute Gasteiger partial charge is 0.153 e. The maximum Gasteiger partial charge on any atom is 0.153 e. The molecule has 0 aliphatic heterocycles. The number of rotatable bonds is 4. The van der Waals surface area contributed by atoms with Crippen LogP contribution >= 0.6 is 0 Å². The van der Waals surface area contributed by atoms with E-state index in [9.17, 15) is 13.5 Å². The Balaban J connectivity index is 3.17. The lowest BCUT2D eigenvalue weighted by Crippen LogP contribution is -2.57. The summed E-state index contributed by atoms with van der Waals surface area (Å²) in [6, 6.07) is 0. The lowest BCUT2D eigenvalue weighted by Gasteiger charge is -2.44. The second kappa shape index (κ2) is 4.27. The van der Waals surface area contributed by atoms with Crippen molar-refractivity contribution in [1.29, 1.82) is 0 Å². The van der Waals surface area contributed by atoms with E-state index in [2.05, 4.69) is 0 Å². The minimum Gasteiger partial charge on any atom is -0.388 e. The first-order valence-corrected chi connectivity index (χ1v) is 7.78. The normalized spacial score (nSPS) is 34.9. The fraction of sp³-hybridized carbons (Fsp3) is 1.00. The lowest BCUT2D eigenvalue weighted by molar-refractivity contribution is -0.0650. The number of hydrogen-bond acceptors (Lipinski definition) is 4. The van der Waals surface area contributed by atoms with Crippen LogP contribution in [0.1, 0.15) is 39.5 Å². The van der Waals surface area contributed by atoms with E-state index in [4.69, 9.17) is 5.73 Å². The highest BCUT2D eigenvalue weighted by Crippen LogP contribution is 2.47. The Morgan fingerprint density at radius 1 is 1.56 bits per heavy atom. The molecule has 3 unspecified atom stereocenters. The van der Waals surface area contributed by atoms with Gasteiger partial charge in [0.05, 0.1) is 10.9 Å². The van der Waals surface area contributed by atoms with Crippen LogP contribution in [0.25, 0.3) is 0 Å². The molecule has 0 saturated heterocycles. The van der Waals surface area contributed by atoms with Crippen LogP contribution in [0.5, 0.6) is 0 Å². The third-order valence-electron chi connectivity index (χ3n) is 4.35. The van der Waals surface area contributed by atoms with Crippen LogP contribution in [0.2, 0.25) is 0 Å². The Morgan fingerprint density at radius 3 is 2.50 bits per heavy atom. The molecule has 1 fully saturated rings. The summed E-state index contributed by atoms with van der Waals surface area (Å²) in [7, 11) is -3.22. The zero-order chi connectivity index (χ0) is 12.6. The molecular formula is C11H23NO3S. The summed E-state index contributed by atoms with van der Waals surface area (Å²) in [5, 5.41) is 10.1. The fourth-order valence-electron chi connectivity index (χ4n) is 2.84. The monoisotopic (exact) mass is 249 g/mol. The first kappa shape index (κ1) is 13.9.